The van der Waals surface area contributed by atoms with Crippen LogP contribution in [0.15, 0.2) is 35.3 Å². The monoisotopic (exact) mass is 238 g/mol. The predicted octanol–water partition coefficient (Wildman–Crippen LogP) is 4.44. The van der Waals surface area contributed by atoms with Crippen molar-refractivity contribution in [3.05, 3.63) is 46.5 Å². The zero-order valence-electron chi connectivity index (χ0n) is 8.18. The first kappa shape index (κ1) is 10.5. The van der Waals surface area contributed by atoms with Gasteiger partial charge in [-0.05, 0) is 36.5 Å². The van der Waals surface area contributed by atoms with Gasteiger partial charge in [-0.2, -0.15) is 0 Å². The van der Waals surface area contributed by atoms with Crippen LogP contribution in [0.5, 0.6) is 0 Å². The van der Waals surface area contributed by atoms with Crippen molar-refractivity contribution in [3.8, 4) is 0 Å². The highest BCUT2D eigenvalue weighted by Gasteiger charge is 2.04. The summed E-state index contributed by atoms with van der Waals surface area (Å²) in [6.45, 7) is 8.10. The van der Waals surface area contributed by atoms with Crippen LogP contribution in [0.2, 0.25) is 0 Å². The van der Waals surface area contributed by atoms with Gasteiger partial charge in [-0.25, -0.2) is 0 Å². The summed E-state index contributed by atoms with van der Waals surface area (Å²) in [4.78, 5) is 0. The highest BCUT2D eigenvalue weighted by Crippen LogP contribution is 2.24. The second-order valence-corrected chi connectivity index (χ2v) is 4.29. The number of hydrogen-bond acceptors (Lipinski definition) is 0. The van der Waals surface area contributed by atoms with Crippen molar-refractivity contribution < 1.29 is 0 Å². The fourth-order valence-corrected chi connectivity index (χ4v) is 1.61. The van der Waals surface area contributed by atoms with Crippen LogP contribution in [0, 0.1) is 6.92 Å². The lowest BCUT2D eigenvalue weighted by atomic mass is 9.96. The summed E-state index contributed by atoms with van der Waals surface area (Å²) in [5.74, 6) is 0.573. The minimum Gasteiger partial charge on any atom is -0.103 e. The van der Waals surface area contributed by atoms with Gasteiger partial charge in [-0.3, -0.25) is 0 Å². The molecule has 1 unspecified atom stereocenters. The molecule has 0 fully saturated rings. The number of allylic oxidation sites excluding steroid dienone is 1. The molecule has 1 atom stereocenters. The van der Waals surface area contributed by atoms with E-state index in [1.54, 1.807) is 0 Å². The Labute approximate surface area is 88.8 Å². The molecule has 0 N–H and O–H groups in total. The number of halogens is 1. The molecule has 13 heavy (non-hydrogen) atoms. The van der Waals surface area contributed by atoms with Gasteiger partial charge in [-0.1, -0.05) is 41.1 Å². The Morgan fingerprint density at radius 3 is 2.77 bits per heavy atom. The second kappa shape index (κ2) is 4.61. The summed E-state index contributed by atoms with van der Waals surface area (Å²) >= 11 is 3.50. The van der Waals surface area contributed by atoms with Crippen LogP contribution in [0.1, 0.15) is 30.4 Å². The van der Waals surface area contributed by atoms with Gasteiger partial charge in [0.25, 0.3) is 0 Å². The molecule has 0 saturated heterocycles. The van der Waals surface area contributed by atoms with Gasteiger partial charge in [-0.15, -0.1) is 6.58 Å². The van der Waals surface area contributed by atoms with Crippen molar-refractivity contribution in [3.63, 3.8) is 0 Å². The third-order valence-electron chi connectivity index (χ3n) is 2.27. The van der Waals surface area contributed by atoms with Gasteiger partial charge in [0.2, 0.25) is 0 Å². The van der Waals surface area contributed by atoms with Crippen molar-refractivity contribution in [1.82, 2.24) is 0 Å². The quantitative estimate of drug-likeness (QED) is 0.684. The molecule has 0 aliphatic carbocycles. The van der Waals surface area contributed by atoms with Crippen molar-refractivity contribution in [2.75, 3.05) is 0 Å². The molecule has 0 saturated carbocycles. The van der Waals surface area contributed by atoms with Gasteiger partial charge in [0, 0.05) is 4.47 Å². The zero-order chi connectivity index (χ0) is 9.84. The van der Waals surface area contributed by atoms with Crippen LogP contribution < -0.4 is 0 Å². The lowest BCUT2D eigenvalue weighted by Gasteiger charge is -2.10. The van der Waals surface area contributed by atoms with E-state index in [0.717, 1.165) is 6.42 Å². The Kier molecular flexibility index (Phi) is 3.73. The number of aryl methyl sites for hydroxylation is 1. The van der Waals surface area contributed by atoms with Gasteiger partial charge >= 0.3 is 0 Å². The maximum atomic E-state index is 3.76. The van der Waals surface area contributed by atoms with E-state index in [0.29, 0.717) is 5.92 Å². The molecule has 0 bridgehead atoms. The molecule has 1 aromatic carbocycles. The number of hydrogen-bond donors (Lipinski definition) is 0. The minimum absolute atomic E-state index is 0.573. The first-order valence-electron chi connectivity index (χ1n) is 4.52. The Morgan fingerprint density at radius 2 is 2.23 bits per heavy atom. The highest BCUT2D eigenvalue weighted by molar-refractivity contribution is 9.10. The largest absolute Gasteiger partial charge is 0.103 e. The second-order valence-electron chi connectivity index (χ2n) is 3.43. The van der Waals surface area contributed by atoms with Crippen molar-refractivity contribution in [2.24, 2.45) is 0 Å². The molecule has 0 spiro atoms. The molecule has 1 aromatic rings. The van der Waals surface area contributed by atoms with E-state index in [-0.39, 0.29) is 0 Å². The van der Waals surface area contributed by atoms with Gasteiger partial charge in [0.05, 0.1) is 0 Å². The van der Waals surface area contributed by atoms with E-state index < -0.39 is 0 Å². The van der Waals surface area contributed by atoms with E-state index in [9.17, 15) is 0 Å². The van der Waals surface area contributed by atoms with Crippen molar-refractivity contribution >= 4 is 15.9 Å². The molecule has 1 heteroatoms. The van der Waals surface area contributed by atoms with Crippen molar-refractivity contribution in [1.29, 1.82) is 0 Å². The number of benzene rings is 1. The van der Waals surface area contributed by atoms with Crippen LogP contribution in [-0.2, 0) is 0 Å². The predicted molar refractivity (Wildman–Crippen MR) is 62.1 cm³/mol. The summed E-state index contributed by atoms with van der Waals surface area (Å²) in [5.41, 5.74) is 2.69. The summed E-state index contributed by atoms with van der Waals surface area (Å²) in [7, 11) is 0. The lowest BCUT2D eigenvalue weighted by molar-refractivity contribution is 0.780. The topological polar surface area (TPSA) is 0 Å². The van der Waals surface area contributed by atoms with Crippen LogP contribution >= 0.6 is 15.9 Å². The summed E-state index contributed by atoms with van der Waals surface area (Å²) in [6.07, 6.45) is 3.02. The molecule has 0 amide bonds. The SMILES string of the molecule is C=CCC(C)c1ccc(Br)c(C)c1. The van der Waals surface area contributed by atoms with Gasteiger partial charge in [0.15, 0.2) is 0 Å². The molecule has 0 aliphatic rings. The fraction of sp³-hybridized carbons (Fsp3) is 0.333. The Bertz CT molecular complexity index is 302. The summed E-state index contributed by atoms with van der Waals surface area (Å²) in [5, 5.41) is 0. The number of rotatable bonds is 3. The van der Waals surface area contributed by atoms with Crippen LogP contribution in [0.3, 0.4) is 0 Å². The fourth-order valence-electron chi connectivity index (χ4n) is 1.36. The summed E-state index contributed by atoms with van der Waals surface area (Å²) < 4.78 is 1.18. The van der Waals surface area contributed by atoms with Crippen LogP contribution in [0.25, 0.3) is 0 Å². The normalized spacial score (nSPS) is 12.5. The van der Waals surface area contributed by atoms with E-state index in [2.05, 4.69) is 54.6 Å². The molecule has 0 aliphatic heterocycles. The van der Waals surface area contributed by atoms with Gasteiger partial charge in [0.1, 0.15) is 0 Å². The molecular formula is C12H15Br. The average Bonchev–Trinajstić information content (AvgIpc) is 2.10. The lowest BCUT2D eigenvalue weighted by Crippen LogP contribution is -1.92. The first-order chi connectivity index (χ1) is 6.15. The van der Waals surface area contributed by atoms with E-state index in [1.807, 2.05) is 6.08 Å². The molecule has 0 aromatic heterocycles. The minimum atomic E-state index is 0.573. The Morgan fingerprint density at radius 1 is 1.54 bits per heavy atom. The van der Waals surface area contributed by atoms with Crippen LogP contribution in [-0.4, -0.2) is 0 Å². The van der Waals surface area contributed by atoms with E-state index in [4.69, 9.17) is 0 Å². The molecule has 70 valence electrons. The smallest absolute Gasteiger partial charge is 0.0204 e. The molecular weight excluding hydrogens is 224 g/mol. The molecule has 1 rings (SSSR count). The standard InChI is InChI=1S/C12H15Br/c1-4-5-9(2)11-6-7-12(13)10(3)8-11/h4,6-9H,1,5H2,2-3H3. The first-order valence-corrected chi connectivity index (χ1v) is 5.31. The third-order valence-corrected chi connectivity index (χ3v) is 3.16. The maximum absolute atomic E-state index is 3.76. The average molecular weight is 239 g/mol. The zero-order valence-corrected chi connectivity index (χ0v) is 9.76. The highest BCUT2D eigenvalue weighted by atomic mass is 79.9. The maximum Gasteiger partial charge on any atom is 0.0204 e. The Hall–Kier alpha value is -0.560. The molecule has 0 radical (unpaired) electrons. The van der Waals surface area contributed by atoms with E-state index in [1.165, 1.54) is 15.6 Å². The van der Waals surface area contributed by atoms with Crippen LogP contribution in [0.4, 0.5) is 0 Å². The van der Waals surface area contributed by atoms with Crippen molar-refractivity contribution in [2.45, 2.75) is 26.2 Å². The third kappa shape index (κ3) is 2.70. The molecule has 0 nitrogen and oxygen atoms in total. The van der Waals surface area contributed by atoms with E-state index >= 15 is 0 Å². The molecule has 0 heterocycles. The van der Waals surface area contributed by atoms with Gasteiger partial charge < -0.3 is 0 Å². The summed E-state index contributed by atoms with van der Waals surface area (Å²) in [6, 6.07) is 6.52. The Balaban J connectivity index is 2.89.